The molecule has 1 fully saturated rings. The first-order chi connectivity index (χ1) is 5.76. The Kier molecular flexibility index (Phi) is 3.29. The van der Waals surface area contributed by atoms with Crippen LogP contribution in [-0.4, -0.2) is 18.9 Å². The maximum absolute atomic E-state index is 6.00. The Morgan fingerprint density at radius 1 is 1.38 bits per heavy atom. The normalized spacial score (nSPS) is 30.8. The number of nitrogens with zero attached hydrogens (tertiary/aromatic N) is 1. The number of hydrogen-bond acceptors (Lipinski definition) is 0. The molecular weight excluding hydrogens is 152 g/mol. The minimum absolute atomic E-state index is 0. The van der Waals surface area contributed by atoms with E-state index < -0.39 is 0 Å². The molecule has 1 aromatic rings. The zero-order valence-corrected chi connectivity index (χ0v) is 8.27. The first kappa shape index (κ1) is 10.9. The van der Waals surface area contributed by atoms with Crippen molar-refractivity contribution in [1.82, 2.24) is 0 Å². The van der Waals surface area contributed by atoms with E-state index in [-0.39, 0.29) is 18.9 Å². The van der Waals surface area contributed by atoms with Gasteiger partial charge >= 0.3 is 18.9 Å². The van der Waals surface area contributed by atoms with Gasteiger partial charge < -0.3 is 4.39 Å². The van der Waals surface area contributed by atoms with Crippen LogP contribution < -0.4 is 18.9 Å². The van der Waals surface area contributed by atoms with Crippen LogP contribution in [0.1, 0.15) is 18.5 Å². The Morgan fingerprint density at radius 2 is 2.00 bits per heavy atom. The van der Waals surface area contributed by atoms with E-state index in [4.69, 9.17) is 7.98 Å². The monoisotopic (exact) mass is 164 g/mol. The molecule has 1 aliphatic heterocycles. The summed E-state index contributed by atoms with van der Waals surface area (Å²) in [5.74, 6) is 0. The summed E-state index contributed by atoms with van der Waals surface area (Å²) in [5.41, 5.74) is 1.32. The summed E-state index contributed by atoms with van der Waals surface area (Å²) in [6, 6.07) is 10.8. The largest absolute Gasteiger partial charge is 1.00 e. The van der Waals surface area contributed by atoms with Crippen LogP contribution in [0.15, 0.2) is 30.3 Å². The van der Waals surface area contributed by atoms with Crippen molar-refractivity contribution < 1.29 is 23.3 Å². The second kappa shape index (κ2) is 3.92. The Balaban J connectivity index is 0.000000845. The van der Waals surface area contributed by atoms with Crippen molar-refractivity contribution in [3.05, 3.63) is 42.4 Å². The summed E-state index contributed by atoms with van der Waals surface area (Å²) in [6.07, 6.45) is 0. The molecule has 0 spiro atoms. The molecule has 0 aromatic heterocycles. The molecule has 0 unspecified atom stereocenters. The number of likely N-dealkylation sites (N-methyl/N-ethyl adjacent to an activating group) is 1. The van der Waals surface area contributed by atoms with Gasteiger partial charge in [-0.2, -0.15) is 0 Å². The third kappa shape index (κ3) is 2.02. The van der Waals surface area contributed by atoms with Crippen LogP contribution >= 0.6 is 0 Å². The standard InChI is InChI=1S/C10H12BN.Li/c1-2-12(11)8-10(12)9-6-4-3-5-7-9;/h3-8,10H,2H2,1H3;/q-1;+1/t10-,12-;/m1./s1. The predicted molar refractivity (Wildman–Crippen MR) is 50.0 cm³/mol. The van der Waals surface area contributed by atoms with Crippen molar-refractivity contribution in [1.29, 1.82) is 0 Å². The fourth-order valence-electron chi connectivity index (χ4n) is 1.54. The Labute approximate surface area is 93.3 Å². The minimum atomic E-state index is 0. The van der Waals surface area contributed by atoms with E-state index in [0.29, 0.717) is 10.4 Å². The van der Waals surface area contributed by atoms with Crippen LogP contribution in [0.2, 0.25) is 0 Å². The first-order valence-electron chi connectivity index (χ1n) is 4.33. The van der Waals surface area contributed by atoms with Crippen LogP contribution in [0, 0.1) is 6.54 Å². The molecule has 2 rings (SSSR count). The molecule has 1 heterocycles. The Bertz CT molecular complexity index is 278. The van der Waals surface area contributed by atoms with Crippen molar-refractivity contribution in [3.63, 3.8) is 0 Å². The smallest absolute Gasteiger partial charge is 0.735 e. The number of rotatable bonds is 2. The molecule has 2 atom stereocenters. The molecule has 1 aliphatic rings. The van der Waals surface area contributed by atoms with Gasteiger partial charge in [-0.3, -0.25) is 7.98 Å². The first-order valence-corrected chi connectivity index (χ1v) is 4.33. The molecular formula is C10H12BLiN. The second-order valence-corrected chi connectivity index (χ2v) is 3.32. The third-order valence-electron chi connectivity index (χ3n) is 2.54. The number of benzene rings is 1. The topological polar surface area (TPSA) is 0 Å². The number of quaternary nitrogens is 1. The van der Waals surface area contributed by atoms with Gasteiger partial charge in [-0.05, 0) is 18.5 Å². The average Bonchev–Trinajstić information content (AvgIpc) is 2.81. The van der Waals surface area contributed by atoms with E-state index >= 15 is 0 Å². The molecule has 1 aromatic carbocycles. The van der Waals surface area contributed by atoms with Crippen LogP contribution in [-0.2, 0) is 0 Å². The predicted octanol–water partition coefficient (Wildman–Crippen LogP) is -1.17. The van der Waals surface area contributed by atoms with Gasteiger partial charge in [-0.15, -0.1) is 6.54 Å². The molecule has 1 nitrogen and oxygen atoms in total. The maximum atomic E-state index is 6.00. The molecule has 0 N–H and O–H groups in total. The van der Waals surface area contributed by atoms with Crippen LogP contribution in [0.3, 0.4) is 0 Å². The van der Waals surface area contributed by atoms with Crippen LogP contribution in [0.5, 0.6) is 0 Å². The van der Waals surface area contributed by atoms with Gasteiger partial charge in [0, 0.05) is 6.54 Å². The van der Waals surface area contributed by atoms with Gasteiger partial charge in [0.1, 0.15) is 0 Å². The quantitative estimate of drug-likeness (QED) is 0.293. The van der Waals surface area contributed by atoms with Crippen molar-refractivity contribution in [2.24, 2.45) is 0 Å². The van der Waals surface area contributed by atoms with Gasteiger partial charge in [0.05, 0.1) is 0 Å². The molecule has 3 radical (unpaired) electrons. The fraction of sp³-hybridized carbons (Fsp3) is 0.300. The zero-order valence-electron chi connectivity index (χ0n) is 8.27. The van der Waals surface area contributed by atoms with E-state index in [2.05, 4.69) is 37.7 Å². The molecule has 13 heavy (non-hydrogen) atoms. The van der Waals surface area contributed by atoms with E-state index in [1.165, 1.54) is 5.56 Å². The van der Waals surface area contributed by atoms with Gasteiger partial charge in [-0.25, -0.2) is 0 Å². The Hall–Kier alpha value is -0.158. The average molecular weight is 164 g/mol. The van der Waals surface area contributed by atoms with Gasteiger partial charge in [-0.1, -0.05) is 30.3 Å². The molecule has 1 saturated heterocycles. The van der Waals surface area contributed by atoms with Crippen molar-refractivity contribution in [2.45, 2.75) is 13.0 Å². The second-order valence-electron chi connectivity index (χ2n) is 3.32. The summed E-state index contributed by atoms with van der Waals surface area (Å²) in [6.45, 7) is 5.24. The van der Waals surface area contributed by atoms with Crippen LogP contribution in [0.4, 0.5) is 0 Å². The summed E-state index contributed by atoms with van der Waals surface area (Å²) in [5, 5.41) is 0. The third-order valence-corrected chi connectivity index (χ3v) is 2.54. The van der Waals surface area contributed by atoms with Crippen molar-refractivity contribution >= 4 is 7.98 Å². The molecule has 0 aliphatic carbocycles. The van der Waals surface area contributed by atoms with Crippen molar-refractivity contribution in [3.8, 4) is 0 Å². The van der Waals surface area contributed by atoms with E-state index in [0.717, 1.165) is 6.54 Å². The summed E-state index contributed by atoms with van der Waals surface area (Å²) in [7, 11) is 6.00. The zero-order chi connectivity index (χ0) is 8.60. The molecule has 0 bridgehead atoms. The maximum Gasteiger partial charge on any atom is 1.00 e. The molecule has 0 amide bonds. The summed E-state index contributed by atoms with van der Waals surface area (Å²) >= 11 is 0. The molecule has 61 valence electrons. The SMILES string of the molecule is [B-][N@+]1(CC)[CH-][C@@H]1c1ccccc1.[Li+]. The Morgan fingerprint density at radius 3 is 2.46 bits per heavy atom. The number of hydrogen-bond donors (Lipinski definition) is 0. The van der Waals surface area contributed by atoms with Gasteiger partial charge in [0.2, 0.25) is 0 Å². The summed E-state index contributed by atoms with van der Waals surface area (Å²) < 4.78 is 0.601. The van der Waals surface area contributed by atoms with E-state index in [1.807, 2.05) is 6.07 Å². The minimum Gasteiger partial charge on any atom is -0.735 e. The van der Waals surface area contributed by atoms with E-state index in [9.17, 15) is 0 Å². The van der Waals surface area contributed by atoms with E-state index in [1.54, 1.807) is 0 Å². The van der Waals surface area contributed by atoms with Gasteiger partial charge in [0.25, 0.3) is 0 Å². The van der Waals surface area contributed by atoms with Crippen molar-refractivity contribution in [2.75, 3.05) is 6.54 Å². The molecule has 3 heteroatoms. The molecule has 0 saturated carbocycles. The summed E-state index contributed by atoms with van der Waals surface area (Å²) in [4.78, 5) is 0. The van der Waals surface area contributed by atoms with Crippen LogP contribution in [0.25, 0.3) is 0 Å². The van der Waals surface area contributed by atoms with Gasteiger partial charge in [0.15, 0.2) is 0 Å². The fourth-order valence-corrected chi connectivity index (χ4v) is 1.54.